The number of allylic oxidation sites excluding steroid dienone is 2. The third-order valence-corrected chi connectivity index (χ3v) is 1.02. The molecular formula is C10H16O4. The second-order valence-corrected chi connectivity index (χ2v) is 2.32. The molecule has 0 aromatic heterocycles. The van der Waals surface area contributed by atoms with Gasteiger partial charge in [-0.05, 0) is 13.3 Å². The van der Waals surface area contributed by atoms with Crippen molar-refractivity contribution in [3.63, 3.8) is 0 Å². The van der Waals surface area contributed by atoms with Crippen LogP contribution in [0.15, 0.2) is 24.3 Å². The predicted molar refractivity (Wildman–Crippen MR) is 54.1 cm³/mol. The molecule has 14 heavy (non-hydrogen) atoms. The molecule has 4 nitrogen and oxygen atoms in total. The Kier molecular flexibility index (Phi) is 12.2. The Morgan fingerprint density at radius 2 is 1.79 bits per heavy atom. The van der Waals surface area contributed by atoms with Gasteiger partial charge < -0.3 is 10.2 Å². The molecule has 0 atom stereocenters. The summed E-state index contributed by atoms with van der Waals surface area (Å²) in [7, 11) is 0. The standard InChI is InChI=1S/2C5H8O2/c2*1-2-3-4-5(6)7/h3-4H,2H2,1H3,(H,6,7);2-3H,4H2,1H3,(H,6,7). The number of carboxylic acids is 2. The van der Waals surface area contributed by atoms with Gasteiger partial charge in [0, 0.05) is 6.08 Å². The first-order valence-electron chi connectivity index (χ1n) is 4.27. The molecule has 0 fully saturated rings. The molecule has 0 radical (unpaired) electrons. The monoisotopic (exact) mass is 200 g/mol. The van der Waals surface area contributed by atoms with Gasteiger partial charge in [0.1, 0.15) is 0 Å². The van der Waals surface area contributed by atoms with Crippen LogP contribution in [0.2, 0.25) is 0 Å². The second kappa shape index (κ2) is 11.4. The first-order chi connectivity index (χ1) is 6.54. The van der Waals surface area contributed by atoms with E-state index in [9.17, 15) is 9.59 Å². The van der Waals surface area contributed by atoms with E-state index in [4.69, 9.17) is 10.2 Å². The minimum absolute atomic E-state index is 0.135. The van der Waals surface area contributed by atoms with Crippen LogP contribution in [0.25, 0.3) is 0 Å². The van der Waals surface area contributed by atoms with Crippen LogP contribution in [0.5, 0.6) is 0 Å². The van der Waals surface area contributed by atoms with Crippen LogP contribution in [-0.4, -0.2) is 22.2 Å². The topological polar surface area (TPSA) is 74.6 Å². The van der Waals surface area contributed by atoms with Gasteiger partial charge in [-0.15, -0.1) is 0 Å². The van der Waals surface area contributed by atoms with Crippen molar-refractivity contribution in [1.29, 1.82) is 0 Å². The fourth-order valence-corrected chi connectivity index (χ4v) is 0.437. The van der Waals surface area contributed by atoms with Gasteiger partial charge in [0.05, 0.1) is 6.42 Å². The smallest absolute Gasteiger partial charge is 0.327 e. The first-order valence-corrected chi connectivity index (χ1v) is 4.27. The molecule has 2 N–H and O–H groups in total. The van der Waals surface area contributed by atoms with Gasteiger partial charge in [-0.1, -0.05) is 25.2 Å². The number of carboxylic acid groups (broad SMARTS) is 2. The lowest BCUT2D eigenvalue weighted by Crippen LogP contribution is -1.88. The lowest BCUT2D eigenvalue weighted by molar-refractivity contribution is -0.136. The summed E-state index contributed by atoms with van der Waals surface area (Å²) in [6, 6.07) is 0. The Morgan fingerprint density at radius 3 is 1.93 bits per heavy atom. The molecule has 0 rings (SSSR count). The van der Waals surface area contributed by atoms with Gasteiger partial charge in [0.2, 0.25) is 0 Å². The number of rotatable bonds is 4. The van der Waals surface area contributed by atoms with Gasteiger partial charge in [-0.3, -0.25) is 4.79 Å². The van der Waals surface area contributed by atoms with E-state index in [1.165, 1.54) is 0 Å². The van der Waals surface area contributed by atoms with Crippen molar-refractivity contribution in [3.05, 3.63) is 24.3 Å². The van der Waals surface area contributed by atoms with Gasteiger partial charge >= 0.3 is 11.9 Å². The maximum Gasteiger partial charge on any atom is 0.327 e. The molecule has 0 aliphatic carbocycles. The summed E-state index contributed by atoms with van der Waals surface area (Å²) >= 11 is 0. The molecule has 0 bridgehead atoms. The molecule has 0 spiro atoms. The third kappa shape index (κ3) is 22.4. The largest absolute Gasteiger partial charge is 0.481 e. The zero-order valence-corrected chi connectivity index (χ0v) is 8.43. The van der Waals surface area contributed by atoms with Crippen LogP contribution >= 0.6 is 0 Å². The minimum atomic E-state index is -0.873. The van der Waals surface area contributed by atoms with Crippen molar-refractivity contribution in [2.75, 3.05) is 0 Å². The van der Waals surface area contributed by atoms with E-state index in [0.717, 1.165) is 12.5 Å². The average molecular weight is 200 g/mol. The van der Waals surface area contributed by atoms with Crippen LogP contribution < -0.4 is 0 Å². The van der Waals surface area contributed by atoms with Gasteiger partial charge in [-0.2, -0.15) is 0 Å². The van der Waals surface area contributed by atoms with E-state index in [1.807, 2.05) is 6.92 Å². The highest BCUT2D eigenvalue weighted by Crippen LogP contribution is 1.79. The van der Waals surface area contributed by atoms with Crippen LogP contribution in [0.4, 0.5) is 0 Å². The number of hydrogen-bond donors (Lipinski definition) is 2. The molecule has 80 valence electrons. The zero-order valence-electron chi connectivity index (χ0n) is 8.43. The molecule has 0 aromatic rings. The Morgan fingerprint density at radius 1 is 1.21 bits per heavy atom. The summed E-state index contributed by atoms with van der Waals surface area (Å²) in [4.78, 5) is 19.4. The minimum Gasteiger partial charge on any atom is -0.481 e. The fourth-order valence-electron chi connectivity index (χ4n) is 0.437. The molecule has 4 heteroatoms. The van der Waals surface area contributed by atoms with Crippen molar-refractivity contribution < 1.29 is 19.8 Å². The summed E-state index contributed by atoms with van der Waals surface area (Å²) in [5, 5.41) is 16.0. The highest BCUT2D eigenvalue weighted by atomic mass is 16.4. The summed E-state index contributed by atoms with van der Waals surface area (Å²) in [5.74, 6) is -1.65. The normalized spacial score (nSPS) is 9.86. The van der Waals surface area contributed by atoms with Crippen molar-refractivity contribution in [2.45, 2.75) is 26.7 Å². The molecule has 0 saturated heterocycles. The maximum atomic E-state index is 9.71. The van der Waals surface area contributed by atoms with E-state index in [2.05, 4.69) is 0 Å². The molecular weight excluding hydrogens is 184 g/mol. The van der Waals surface area contributed by atoms with Crippen molar-refractivity contribution in [2.24, 2.45) is 0 Å². The SMILES string of the molecule is CC=CCC(=O)O.CCC=CC(=O)O. The van der Waals surface area contributed by atoms with Crippen molar-refractivity contribution in [3.8, 4) is 0 Å². The van der Waals surface area contributed by atoms with Crippen molar-refractivity contribution in [1.82, 2.24) is 0 Å². The van der Waals surface area contributed by atoms with Crippen LogP contribution in [0.1, 0.15) is 26.7 Å². The van der Waals surface area contributed by atoms with Gasteiger partial charge in [0.15, 0.2) is 0 Å². The summed E-state index contributed by atoms with van der Waals surface area (Å²) in [6.45, 7) is 3.68. The van der Waals surface area contributed by atoms with E-state index >= 15 is 0 Å². The van der Waals surface area contributed by atoms with Crippen LogP contribution in [0.3, 0.4) is 0 Å². The lowest BCUT2D eigenvalue weighted by Gasteiger charge is -1.77. The molecule has 0 saturated carbocycles. The number of aliphatic carboxylic acids is 2. The Bertz CT molecular complexity index is 216. The highest BCUT2D eigenvalue weighted by Gasteiger charge is 1.85. The molecule has 0 aliphatic rings. The average Bonchev–Trinajstić information content (AvgIpc) is 2.12. The zero-order chi connectivity index (χ0) is 11.4. The third-order valence-electron chi connectivity index (χ3n) is 1.02. The summed E-state index contributed by atoms with van der Waals surface area (Å²) < 4.78 is 0. The van der Waals surface area contributed by atoms with Gasteiger partial charge in [-0.25, -0.2) is 4.79 Å². The summed E-state index contributed by atoms with van der Waals surface area (Å²) in [6.07, 6.45) is 6.97. The molecule has 0 unspecified atom stereocenters. The van der Waals surface area contributed by atoms with Crippen LogP contribution in [0, 0.1) is 0 Å². The number of hydrogen-bond acceptors (Lipinski definition) is 2. The highest BCUT2D eigenvalue weighted by molar-refractivity contribution is 5.79. The Labute approximate surface area is 83.6 Å². The molecule has 0 aliphatic heterocycles. The predicted octanol–water partition coefficient (Wildman–Crippen LogP) is 2.07. The van der Waals surface area contributed by atoms with Crippen molar-refractivity contribution >= 4 is 11.9 Å². The molecule has 0 aromatic carbocycles. The van der Waals surface area contributed by atoms with Crippen LogP contribution in [-0.2, 0) is 9.59 Å². The molecule has 0 heterocycles. The van der Waals surface area contributed by atoms with E-state index in [-0.39, 0.29) is 6.42 Å². The lowest BCUT2D eigenvalue weighted by atomic mass is 10.4. The fraction of sp³-hybridized carbons (Fsp3) is 0.400. The summed E-state index contributed by atoms with van der Waals surface area (Å²) in [5.41, 5.74) is 0. The maximum absolute atomic E-state index is 9.71. The number of carbonyl (C=O) groups is 2. The second-order valence-electron chi connectivity index (χ2n) is 2.32. The van der Waals surface area contributed by atoms with E-state index < -0.39 is 11.9 Å². The molecule has 0 amide bonds. The first kappa shape index (κ1) is 14.9. The Balaban J connectivity index is 0. The van der Waals surface area contributed by atoms with E-state index in [0.29, 0.717) is 0 Å². The van der Waals surface area contributed by atoms with E-state index in [1.54, 1.807) is 25.2 Å². The Hall–Kier alpha value is -1.58. The quantitative estimate of drug-likeness (QED) is 0.538. The van der Waals surface area contributed by atoms with Gasteiger partial charge in [0.25, 0.3) is 0 Å².